The highest BCUT2D eigenvalue weighted by Crippen LogP contribution is 2.02. The Kier molecular flexibility index (Phi) is 23.8. The summed E-state index contributed by atoms with van der Waals surface area (Å²) in [5.41, 5.74) is 28.0. The standard InChI is InChI=1S/2C9H11NO2.C6H14N2O2.C5H9NO4/c2*10-8(9(11)12)6-7-4-2-1-3-5-7;7-4-2-1-3-5(8)6(9)10;6-3(5(9)10)1-2-4(7)8/h2*1-5,8H,6,10H2,(H,11,12);5H,1-4,7-8H2,(H,9,10);3H,1-2,6H2,(H,7,8)(H,9,10)/t2*8-;5-;3-/m0000/s1. The molecule has 0 spiro atoms. The first kappa shape index (κ1) is 41.7. The molecule has 0 bridgehead atoms. The lowest BCUT2D eigenvalue weighted by atomic mass is 10.1. The average Bonchev–Trinajstić information content (AvgIpc) is 2.97. The summed E-state index contributed by atoms with van der Waals surface area (Å²) in [4.78, 5) is 50.8. The van der Waals surface area contributed by atoms with Crippen LogP contribution in [0.15, 0.2) is 60.7 Å². The fourth-order valence-corrected chi connectivity index (χ4v) is 2.95. The SMILES string of the molecule is NCCCC[C@H](N)C(=O)O.N[C@@H](CCC(=O)O)C(=O)O.N[C@@H](Cc1ccccc1)C(=O)O.N[C@@H](Cc1ccccc1)C(=O)O. The van der Waals surface area contributed by atoms with Crippen molar-refractivity contribution >= 4 is 29.8 Å². The van der Waals surface area contributed by atoms with E-state index in [-0.39, 0.29) is 12.8 Å². The fourth-order valence-electron chi connectivity index (χ4n) is 2.95. The molecule has 2 rings (SSSR count). The molecule has 0 aliphatic heterocycles. The monoisotopic (exact) mass is 623 g/mol. The second-order valence-corrected chi connectivity index (χ2v) is 9.38. The van der Waals surface area contributed by atoms with Crippen LogP contribution in [0.25, 0.3) is 0 Å². The predicted octanol–water partition coefficient (Wildman–Crippen LogP) is 0.0724. The molecule has 0 unspecified atom stereocenters. The van der Waals surface area contributed by atoms with E-state index in [9.17, 15) is 24.0 Å². The van der Waals surface area contributed by atoms with Crippen molar-refractivity contribution in [2.24, 2.45) is 28.7 Å². The van der Waals surface area contributed by atoms with Crippen LogP contribution in [-0.2, 0) is 36.8 Å². The molecule has 4 atom stereocenters. The number of benzene rings is 2. The molecular formula is C29H45N5O10. The van der Waals surface area contributed by atoms with Gasteiger partial charge >= 0.3 is 29.8 Å². The second-order valence-electron chi connectivity index (χ2n) is 9.38. The van der Waals surface area contributed by atoms with Crippen molar-refractivity contribution in [1.29, 1.82) is 0 Å². The Morgan fingerprint density at radius 3 is 1.16 bits per heavy atom. The Morgan fingerprint density at radius 2 is 0.864 bits per heavy atom. The van der Waals surface area contributed by atoms with Gasteiger partial charge in [-0.2, -0.15) is 0 Å². The van der Waals surface area contributed by atoms with Crippen molar-refractivity contribution in [3.63, 3.8) is 0 Å². The van der Waals surface area contributed by atoms with Gasteiger partial charge in [-0.3, -0.25) is 24.0 Å². The normalized spacial score (nSPS) is 12.6. The van der Waals surface area contributed by atoms with E-state index in [0.29, 0.717) is 25.8 Å². The van der Waals surface area contributed by atoms with Crippen molar-refractivity contribution in [2.75, 3.05) is 6.54 Å². The van der Waals surface area contributed by atoms with Gasteiger partial charge in [-0.05, 0) is 49.8 Å². The molecule has 2 aromatic rings. The molecule has 15 heteroatoms. The third-order valence-electron chi connectivity index (χ3n) is 5.50. The van der Waals surface area contributed by atoms with E-state index in [4.69, 9.17) is 54.2 Å². The maximum Gasteiger partial charge on any atom is 0.320 e. The third-order valence-corrected chi connectivity index (χ3v) is 5.50. The van der Waals surface area contributed by atoms with Gasteiger partial charge < -0.3 is 54.2 Å². The highest BCUT2D eigenvalue weighted by molar-refractivity contribution is 5.75. The Bertz CT molecular complexity index is 1050. The smallest absolute Gasteiger partial charge is 0.320 e. The number of carboxylic acid groups (broad SMARTS) is 5. The lowest BCUT2D eigenvalue weighted by Gasteiger charge is -2.04. The van der Waals surface area contributed by atoms with Crippen LogP contribution in [0.2, 0.25) is 0 Å². The lowest BCUT2D eigenvalue weighted by Crippen LogP contribution is -2.32. The topological polar surface area (TPSA) is 317 Å². The van der Waals surface area contributed by atoms with E-state index in [2.05, 4.69) is 0 Å². The Hall–Kier alpha value is -4.41. The largest absolute Gasteiger partial charge is 0.481 e. The molecule has 0 fully saturated rings. The number of carboxylic acids is 5. The molecule has 0 saturated carbocycles. The van der Waals surface area contributed by atoms with Crippen LogP contribution in [0, 0.1) is 0 Å². The van der Waals surface area contributed by atoms with E-state index in [1.165, 1.54) is 0 Å². The quantitative estimate of drug-likeness (QED) is 0.117. The number of hydrogen-bond donors (Lipinski definition) is 10. The molecule has 0 aromatic heterocycles. The molecule has 0 heterocycles. The van der Waals surface area contributed by atoms with Gasteiger partial charge in [0.25, 0.3) is 0 Å². The number of hydrogen-bond acceptors (Lipinski definition) is 10. The summed E-state index contributed by atoms with van der Waals surface area (Å²) < 4.78 is 0. The van der Waals surface area contributed by atoms with Gasteiger partial charge in [0.15, 0.2) is 0 Å². The van der Waals surface area contributed by atoms with E-state index in [1.54, 1.807) is 0 Å². The van der Waals surface area contributed by atoms with Crippen LogP contribution in [-0.4, -0.2) is 86.1 Å². The molecule has 0 amide bonds. The van der Waals surface area contributed by atoms with Crippen LogP contribution in [0.3, 0.4) is 0 Å². The van der Waals surface area contributed by atoms with Crippen molar-refractivity contribution in [3.05, 3.63) is 71.8 Å². The molecule has 44 heavy (non-hydrogen) atoms. The van der Waals surface area contributed by atoms with Crippen LogP contribution in [0.5, 0.6) is 0 Å². The van der Waals surface area contributed by atoms with Gasteiger partial charge in [0.2, 0.25) is 0 Å². The highest BCUT2D eigenvalue weighted by atomic mass is 16.4. The first-order chi connectivity index (χ1) is 20.6. The molecule has 0 saturated heterocycles. The molecule has 0 radical (unpaired) electrons. The maximum absolute atomic E-state index is 10.4. The fraction of sp³-hybridized carbons (Fsp3) is 0.414. The molecule has 246 valence electrons. The predicted molar refractivity (Wildman–Crippen MR) is 163 cm³/mol. The number of rotatable bonds is 15. The first-order valence-electron chi connectivity index (χ1n) is 13.5. The summed E-state index contributed by atoms with van der Waals surface area (Å²) in [6, 6.07) is 15.3. The Labute approximate surface area is 255 Å². The second kappa shape index (κ2) is 25.1. The van der Waals surface area contributed by atoms with Gasteiger partial charge in [0, 0.05) is 6.42 Å². The third kappa shape index (κ3) is 24.2. The molecule has 0 aliphatic carbocycles. The van der Waals surface area contributed by atoms with Crippen molar-refractivity contribution in [2.45, 2.75) is 69.1 Å². The van der Waals surface area contributed by atoms with Crippen molar-refractivity contribution in [3.8, 4) is 0 Å². The number of carbonyl (C=O) groups is 5. The molecular weight excluding hydrogens is 578 g/mol. The summed E-state index contributed by atoms with van der Waals surface area (Å²) in [6.45, 7) is 0.604. The average molecular weight is 624 g/mol. The first-order valence-corrected chi connectivity index (χ1v) is 13.5. The van der Waals surface area contributed by atoms with E-state index in [1.807, 2.05) is 60.7 Å². The maximum atomic E-state index is 10.4. The van der Waals surface area contributed by atoms with E-state index >= 15 is 0 Å². The number of nitrogens with two attached hydrogens (primary N) is 5. The molecule has 0 aliphatic rings. The van der Waals surface area contributed by atoms with Crippen LogP contribution >= 0.6 is 0 Å². The molecule has 15 nitrogen and oxygen atoms in total. The van der Waals surface area contributed by atoms with E-state index in [0.717, 1.165) is 24.0 Å². The van der Waals surface area contributed by atoms with Gasteiger partial charge in [0.1, 0.15) is 24.2 Å². The lowest BCUT2D eigenvalue weighted by molar-refractivity contribution is -0.141. The Morgan fingerprint density at radius 1 is 0.523 bits per heavy atom. The van der Waals surface area contributed by atoms with Crippen LogP contribution in [0.4, 0.5) is 0 Å². The van der Waals surface area contributed by atoms with Crippen molar-refractivity contribution < 1.29 is 49.5 Å². The highest BCUT2D eigenvalue weighted by Gasteiger charge is 2.13. The minimum atomic E-state index is -1.17. The number of unbranched alkanes of at least 4 members (excludes halogenated alkanes) is 1. The summed E-state index contributed by atoms with van der Waals surface area (Å²) in [5, 5.41) is 41.6. The van der Waals surface area contributed by atoms with Crippen LogP contribution < -0.4 is 28.7 Å². The Balaban J connectivity index is 0. The van der Waals surface area contributed by atoms with Gasteiger partial charge in [-0.15, -0.1) is 0 Å². The van der Waals surface area contributed by atoms with Gasteiger partial charge in [0.05, 0.1) is 0 Å². The van der Waals surface area contributed by atoms with Gasteiger partial charge in [-0.25, -0.2) is 0 Å². The van der Waals surface area contributed by atoms with Crippen LogP contribution in [0.1, 0.15) is 43.2 Å². The van der Waals surface area contributed by atoms with E-state index < -0.39 is 54.0 Å². The van der Waals surface area contributed by atoms with Crippen molar-refractivity contribution in [1.82, 2.24) is 0 Å². The number of aliphatic carboxylic acids is 5. The zero-order chi connectivity index (χ0) is 34.1. The zero-order valence-corrected chi connectivity index (χ0v) is 24.4. The summed E-state index contributed by atoms with van der Waals surface area (Å²) >= 11 is 0. The minimum Gasteiger partial charge on any atom is -0.481 e. The zero-order valence-electron chi connectivity index (χ0n) is 24.4. The summed E-state index contributed by atoms with van der Waals surface area (Å²) in [6.07, 6.45) is 2.71. The molecule has 2 aromatic carbocycles. The summed E-state index contributed by atoms with van der Waals surface area (Å²) in [5.74, 6) is -5.05. The van der Waals surface area contributed by atoms with Gasteiger partial charge in [-0.1, -0.05) is 67.1 Å². The summed E-state index contributed by atoms with van der Waals surface area (Å²) in [7, 11) is 0. The minimum absolute atomic E-state index is 0.0231. The molecule has 15 N–H and O–H groups in total.